The molecule has 0 saturated heterocycles. The number of hydrogen-bond donors (Lipinski definition) is 0. The molecule has 38 valence electrons. The molecule has 0 aliphatic heterocycles. The van der Waals surface area contributed by atoms with Crippen molar-refractivity contribution in [3.05, 3.63) is 24.5 Å². The third-order valence-electron chi connectivity index (χ3n) is 0.723. The Morgan fingerprint density at radius 2 is 2.25 bits per heavy atom. The summed E-state index contributed by atoms with van der Waals surface area (Å²) in [6.07, 6.45) is 3.68. The second-order valence-corrected chi connectivity index (χ2v) is 3.07. The molecule has 8 heavy (non-hydrogen) atoms. The van der Waals surface area contributed by atoms with E-state index >= 15 is 0 Å². The Balaban J connectivity index is 0.000000490. The minimum absolute atomic E-state index is 0. The predicted octanol–water partition coefficient (Wildman–Crippen LogP) is -2.74. The molecular formula is C5H4BrNZn. The van der Waals surface area contributed by atoms with E-state index in [1.54, 1.807) is 6.20 Å². The van der Waals surface area contributed by atoms with Gasteiger partial charge in [0, 0.05) is 0 Å². The van der Waals surface area contributed by atoms with E-state index in [2.05, 4.69) is 11.1 Å². The van der Waals surface area contributed by atoms with Gasteiger partial charge in [-0.05, 0) is 0 Å². The molecule has 1 aromatic rings. The molecular weight excluding hydrogens is 219 g/mol. The predicted molar refractivity (Wildman–Crippen MR) is 23.9 cm³/mol. The van der Waals surface area contributed by atoms with Crippen molar-refractivity contribution in [2.45, 2.75) is 0 Å². The number of rotatable bonds is 0. The Morgan fingerprint density at radius 3 is 2.50 bits per heavy atom. The van der Waals surface area contributed by atoms with Gasteiger partial charge in [0.05, 0.1) is 0 Å². The summed E-state index contributed by atoms with van der Waals surface area (Å²) in [5, 5.41) is 0. The van der Waals surface area contributed by atoms with Crippen LogP contribution >= 0.6 is 0 Å². The Morgan fingerprint density at radius 1 is 1.50 bits per heavy atom. The fourth-order valence-electron chi connectivity index (χ4n) is 0.398. The topological polar surface area (TPSA) is 12.9 Å². The van der Waals surface area contributed by atoms with Crippen LogP contribution in [0.25, 0.3) is 0 Å². The Labute approximate surface area is 69.0 Å². The molecule has 0 unspecified atom stereocenters. The summed E-state index contributed by atoms with van der Waals surface area (Å²) in [5.41, 5.74) is 0. The summed E-state index contributed by atoms with van der Waals surface area (Å²) in [6.45, 7) is 0. The summed E-state index contributed by atoms with van der Waals surface area (Å²) in [7, 11) is 0. The summed E-state index contributed by atoms with van der Waals surface area (Å²) >= 11 is 1.20. The maximum absolute atomic E-state index is 3.92. The van der Waals surface area contributed by atoms with Crippen LogP contribution in [0.4, 0.5) is 0 Å². The second-order valence-electron chi connectivity index (χ2n) is 1.36. The van der Waals surface area contributed by atoms with Gasteiger partial charge in [-0.3, -0.25) is 0 Å². The van der Waals surface area contributed by atoms with Crippen molar-refractivity contribution in [3.63, 3.8) is 0 Å². The van der Waals surface area contributed by atoms with E-state index in [-0.39, 0.29) is 17.0 Å². The Hall–Kier alpha value is 0.253. The molecule has 0 spiro atoms. The third kappa shape index (κ3) is 2.53. The van der Waals surface area contributed by atoms with Crippen molar-refractivity contribution >= 4 is 4.16 Å². The fraction of sp³-hybridized carbons (Fsp3) is 0. The average Bonchev–Trinajstić information content (AvgIpc) is 1.69. The number of aromatic nitrogens is 1. The second kappa shape index (κ2) is 4.16. The quantitative estimate of drug-likeness (QED) is 0.435. The summed E-state index contributed by atoms with van der Waals surface area (Å²) in [5.74, 6) is 0. The third-order valence-corrected chi connectivity index (χ3v) is 1.60. The zero-order valence-electron chi connectivity index (χ0n) is 4.34. The fourth-order valence-corrected chi connectivity index (χ4v) is 0.905. The van der Waals surface area contributed by atoms with E-state index in [1.807, 2.05) is 12.3 Å². The monoisotopic (exact) mass is 221 g/mol. The van der Waals surface area contributed by atoms with Crippen molar-refractivity contribution < 1.29 is 35.3 Å². The molecule has 1 rings (SSSR count). The first-order chi connectivity index (χ1) is 3.39. The molecule has 1 nitrogen and oxygen atoms in total. The number of nitrogens with zero attached hydrogens (tertiary/aromatic N) is 1. The van der Waals surface area contributed by atoms with E-state index in [0.29, 0.717) is 0 Å². The van der Waals surface area contributed by atoms with Crippen LogP contribution in [0, 0.1) is 0 Å². The van der Waals surface area contributed by atoms with Crippen molar-refractivity contribution in [2.24, 2.45) is 0 Å². The van der Waals surface area contributed by atoms with Crippen LogP contribution in [0.15, 0.2) is 24.5 Å². The van der Waals surface area contributed by atoms with E-state index in [0.717, 1.165) is 0 Å². The minimum atomic E-state index is 0. The van der Waals surface area contributed by atoms with Gasteiger partial charge >= 0.3 is 52.0 Å². The molecule has 0 atom stereocenters. The molecule has 0 saturated carbocycles. The zero-order valence-corrected chi connectivity index (χ0v) is 8.89. The molecule has 0 aliphatic rings. The van der Waals surface area contributed by atoms with Crippen LogP contribution in [0.5, 0.6) is 0 Å². The van der Waals surface area contributed by atoms with Gasteiger partial charge in [-0.1, -0.05) is 0 Å². The van der Waals surface area contributed by atoms with Crippen molar-refractivity contribution in [2.75, 3.05) is 0 Å². The first-order valence-electron chi connectivity index (χ1n) is 2.11. The van der Waals surface area contributed by atoms with Gasteiger partial charge in [0.2, 0.25) is 0 Å². The van der Waals surface area contributed by atoms with Gasteiger partial charge in [0.1, 0.15) is 0 Å². The SMILES string of the molecule is [Br-].[Zn+][c]1cccnc1. The summed E-state index contributed by atoms with van der Waals surface area (Å²) < 4.78 is 1.34. The maximum atomic E-state index is 3.92. The number of pyridine rings is 1. The van der Waals surface area contributed by atoms with Crippen molar-refractivity contribution in [1.29, 1.82) is 0 Å². The van der Waals surface area contributed by atoms with Gasteiger partial charge in [-0.25, -0.2) is 0 Å². The van der Waals surface area contributed by atoms with Crippen molar-refractivity contribution in [3.8, 4) is 0 Å². The summed E-state index contributed by atoms with van der Waals surface area (Å²) in [6, 6.07) is 4.03. The van der Waals surface area contributed by atoms with Gasteiger partial charge in [-0.15, -0.1) is 0 Å². The Bertz CT molecular complexity index is 142. The summed E-state index contributed by atoms with van der Waals surface area (Å²) in [4.78, 5) is 3.92. The van der Waals surface area contributed by atoms with Gasteiger partial charge in [-0.2, -0.15) is 0 Å². The molecule has 1 heterocycles. The van der Waals surface area contributed by atoms with E-state index in [9.17, 15) is 0 Å². The Kier molecular flexibility index (Phi) is 4.30. The van der Waals surface area contributed by atoms with Crippen molar-refractivity contribution in [1.82, 2.24) is 4.98 Å². The molecule has 0 aliphatic carbocycles. The van der Waals surface area contributed by atoms with Crippen LogP contribution in [-0.2, 0) is 18.3 Å². The van der Waals surface area contributed by atoms with Crippen LogP contribution in [0.3, 0.4) is 0 Å². The molecule has 0 N–H and O–H groups in total. The average molecular weight is 223 g/mol. The van der Waals surface area contributed by atoms with Gasteiger partial charge < -0.3 is 17.0 Å². The van der Waals surface area contributed by atoms with Crippen LogP contribution in [-0.4, -0.2) is 4.98 Å². The number of hydrogen-bond acceptors (Lipinski definition) is 1. The molecule has 0 radical (unpaired) electrons. The normalized spacial score (nSPS) is 7.75. The van der Waals surface area contributed by atoms with E-state index < -0.39 is 0 Å². The molecule has 0 amide bonds. The van der Waals surface area contributed by atoms with E-state index in [4.69, 9.17) is 0 Å². The molecule has 0 bridgehead atoms. The van der Waals surface area contributed by atoms with Crippen LogP contribution in [0.2, 0.25) is 0 Å². The van der Waals surface area contributed by atoms with E-state index in [1.165, 1.54) is 22.5 Å². The van der Waals surface area contributed by atoms with Gasteiger partial charge in [0.15, 0.2) is 0 Å². The zero-order chi connectivity index (χ0) is 5.11. The molecule has 0 fully saturated rings. The first-order valence-corrected chi connectivity index (χ1v) is 3.60. The van der Waals surface area contributed by atoms with Gasteiger partial charge in [0.25, 0.3) is 0 Å². The molecule has 3 heteroatoms. The van der Waals surface area contributed by atoms with Crippen LogP contribution < -0.4 is 21.1 Å². The molecule has 1 aromatic heterocycles. The first kappa shape index (κ1) is 8.25. The number of halogens is 1. The van der Waals surface area contributed by atoms with Crippen LogP contribution in [0.1, 0.15) is 0 Å². The standard InChI is InChI=1S/C5H4N.BrH.Zn/c1-2-4-6-5-3-1;;/h1-2,4-5H;1H;/q;;+1/p-1. The molecule has 0 aromatic carbocycles.